The lowest BCUT2D eigenvalue weighted by Gasteiger charge is -2.22. The quantitative estimate of drug-likeness (QED) is 0.829. The van der Waals surface area contributed by atoms with Gasteiger partial charge < -0.3 is 19.7 Å². The fraction of sp³-hybridized carbons (Fsp3) is 0.381. The van der Waals surface area contributed by atoms with Crippen molar-refractivity contribution in [3.8, 4) is 17.6 Å². The molecule has 0 aliphatic heterocycles. The number of aryl methyl sites for hydroxylation is 2. The molecule has 0 saturated heterocycles. The number of pyridine rings is 1. The molecule has 2 aromatic rings. The number of nitrogens with zero attached hydrogens (tertiary/aromatic N) is 3. The maximum Gasteiger partial charge on any atom is 0.243 e. The van der Waals surface area contributed by atoms with Crippen molar-refractivity contribution in [3.63, 3.8) is 0 Å². The third-order valence-electron chi connectivity index (χ3n) is 4.78. The molecule has 1 amide bonds. The van der Waals surface area contributed by atoms with E-state index in [2.05, 4.69) is 16.4 Å². The first kappa shape index (κ1) is 19.5. The van der Waals surface area contributed by atoms with E-state index in [0.717, 1.165) is 36.9 Å². The molecular formula is C21H24N4O3. The first-order valence-corrected chi connectivity index (χ1v) is 9.21. The first-order chi connectivity index (χ1) is 13.5. The monoisotopic (exact) mass is 380 g/mol. The van der Waals surface area contributed by atoms with Crippen molar-refractivity contribution in [2.75, 3.05) is 38.0 Å². The van der Waals surface area contributed by atoms with Crippen LogP contribution in [-0.4, -0.2) is 38.7 Å². The number of carbonyl (C=O) groups excluding carboxylic acids is 1. The van der Waals surface area contributed by atoms with E-state index >= 15 is 0 Å². The molecule has 1 aromatic heterocycles. The number of fused-ring (bicyclic) bond motifs is 1. The number of amides is 1. The van der Waals surface area contributed by atoms with Crippen LogP contribution in [0.3, 0.4) is 0 Å². The normalized spacial score (nSPS) is 12.5. The number of anilines is 2. The van der Waals surface area contributed by atoms with Crippen LogP contribution in [0.5, 0.6) is 11.5 Å². The zero-order valence-electron chi connectivity index (χ0n) is 16.4. The van der Waals surface area contributed by atoms with Crippen LogP contribution in [0, 0.1) is 11.3 Å². The van der Waals surface area contributed by atoms with Gasteiger partial charge in [0, 0.05) is 36.6 Å². The Hall–Kier alpha value is -3.27. The highest BCUT2D eigenvalue weighted by molar-refractivity contribution is 5.94. The highest BCUT2D eigenvalue weighted by atomic mass is 16.5. The summed E-state index contributed by atoms with van der Waals surface area (Å²) >= 11 is 0. The summed E-state index contributed by atoms with van der Waals surface area (Å²) in [7, 11) is 4.88. The molecule has 0 radical (unpaired) electrons. The van der Waals surface area contributed by atoms with Crippen molar-refractivity contribution >= 4 is 17.4 Å². The Bertz CT molecular complexity index is 898. The number of hydrogen-bond acceptors (Lipinski definition) is 6. The molecule has 3 rings (SSSR count). The summed E-state index contributed by atoms with van der Waals surface area (Å²) in [5.41, 5.74) is 3.26. The second-order valence-electron chi connectivity index (χ2n) is 6.79. The van der Waals surface area contributed by atoms with E-state index in [0.29, 0.717) is 28.6 Å². The lowest BCUT2D eigenvalue weighted by Crippen LogP contribution is -2.31. The summed E-state index contributed by atoms with van der Waals surface area (Å²) in [6.45, 7) is 0.0694. The Kier molecular flexibility index (Phi) is 5.99. The van der Waals surface area contributed by atoms with Gasteiger partial charge in [0.25, 0.3) is 0 Å². The number of rotatable bonds is 6. The van der Waals surface area contributed by atoms with E-state index in [1.54, 1.807) is 44.4 Å². The summed E-state index contributed by atoms with van der Waals surface area (Å²) in [5.74, 6) is 1.50. The van der Waals surface area contributed by atoms with Crippen LogP contribution in [0.2, 0.25) is 0 Å². The molecule has 0 bridgehead atoms. The fourth-order valence-corrected chi connectivity index (χ4v) is 3.37. The molecule has 0 unspecified atom stereocenters. The number of ether oxygens (including phenoxy) is 2. The van der Waals surface area contributed by atoms with Crippen LogP contribution >= 0.6 is 0 Å². The van der Waals surface area contributed by atoms with Gasteiger partial charge in [0.15, 0.2) is 0 Å². The van der Waals surface area contributed by atoms with Gasteiger partial charge in [-0.1, -0.05) is 0 Å². The molecule has 146 valence electrons. The van der Waals surface area contributed by atoms with Crippen molar-refractivity contribution in [2.24, 2.45) is 0 Å². The van der Waals surface area contributed by atoms with Crippen LogP contribution in [-0.2, 0) is 17.6 Å². The topological polar surface area (TPSA) is 87.5 Å². The molecule has 1 aromatic carbocycles. The molecule has 7 heteroatoms. The molecule has 1 N–H and O–H groups in total. The Balaban J connectivity index is 1.75. The van der Waals surface area contributed by atoms with Crippen LogP contribution in [0.15, 0.2) is 24.3 Å². The van der Waals surface area contributed by atoms with E-state index in [1.807, 2.05) is 6.07 Å². The molecule has 1 aliphatic rings. The maximum atomic E-state index is 12.5. The average molecular weight is 380 g/mol. The summed E-state index contributed by atoms with van der Waals surface area (Å²) in [4.78, 5) is 18.9. The predicted molar refractivity (Wildman–Crippen MR) is 107 cm³/mol. The molecule has 0 fully saturated rings. The fourth-order valence-electron chi connectivity index (χ4n) is 3.37. The number of hydrogen-bond donors (Lipinski definition) is 1. The van der Waals surface area contributed by atoms with Crippen molar-refractivity contribution < 1.29 is 14.3 Å². The van der Waals surface area contributed by atoms with Crippen LogP contribution < -0.4 is 19.7 Å². The number of methoxy groups -OCH3 is 2. The minimum absolute atomic E-state index is 0.0694. The third-order valence-corrected chi connectivity index (χ3v) is 4.78. The maximum absolute atomic E-state index is 12.5. The van der Waals surface area contributed by atoms with Gasteiger partial charge in [-0.2, -0.15) is 5.26 Å². The zero-order chi connectivity index (χ0) is 20.1. The lowest BCUT2D eigenvalue weighted by molar-refractivity contribution is -0.114. The number of benzene rings is 1. The predicted octanol–water partition coefficient (Wildman–Crippen LogP) is 2.92. The van der Waals surface area contributed by atoms with Crippen LogP contribution in [0.25, 0.3) is 0 Å². The summed E-state index contributed by atoms with van der Waals surface area (Å²) in [6.07, 6.45) is 4.10. The second-order valence-corrected chi connectivity index (χ2v) is 6.79. The minimum Gasteiger partial charge on any atom is -0.497 e. The Morgan fingerprint density at radius 3 is 2.50 bits per heavy atom. The summed E-state index contributed by atoms with van der Waals surface area (Å²) in [6, 6.07) is 9.30. The van der Waals surface area contributed by atoms with E-state index in [-0.39, 0.29) is 12.5 Å². The molecule has 28 heavy (non-hydrogen) atoms. The van der Waals surface area contributed by atoms with Gasteiger partial charge in [0.1, 0.15) is 23.4 Å². The van der Waals surface area contributed by atoms with E-state index < -0.39 is 0 Å². The summed E-state index contributed by atoms with van der Waals surface area (Å²) in [5, 5.41) is 12.3. The Morgan fingerprint density at radius 2 is 1.86 bits per heavy atom. The van der Waals surface area contributed by atoms with E-state index in [9.17, 15) is 10.1 Å². The molecule has 0 atom stereocenters. The van der Waals surface area contributed by atoms with Crippen LogP contribution in [0.4, 0.5) is 11.5 Å². The third kappa shape index (κ3) is 4.34. The number of aromatic nitrogens is 1. The zero-order valence-corrected chi connectivity index (χ0v) is 16.4. The highest BCUT2D eigenvalue weighted by Gasteiger charge is 2.19. The van der Waals surface area contributed by atoms with Gasteiger partial charge in [-0.05, 0) is 37.3 Å². The van der Waals surface area contributed by atoms with Crippen molar-refractivity contribution in [3.05, 3.63) is 41.1 Å². The van der Waals surface area contributed by atoms with Gasteiger partial charge in [-0.3, -0.25) is 4.79 Å². The van der Waals surface area contributed by atoms with Crippen molar-refractivity contribution in [2.45, 2.75) is 25.7 Å². The number of nitrogens with one attached hydrogen (secondary N) is 1. The molecule has 1 heterocycles. The smallest absolute Gasteiger partial charge is 0.243 e. The molecule has 0 saturated carbocycles. The molecule has 0 spiro atoms. The van der Waals surface area contributed by atoms with Gasteiger partial charge >= 0.3 is 0 Å². The molecule has 7 nitrogen and oxygen atoms in total. The second kappa shape index (κ2) is 8.61. The van der Waals surface area contributed by atoms with Gasteiger partial charge in [-0.15, -0.1) is 0 Å². The minimum atomic E-state index is -0.221. The van der Waals surface area contributed by atoms with E-state index in [1.165, 1.54) is 0 Å². The van der Waals surface area contributed by atoms with E-state index in [4.69, 9.17) is 9.47 Å². The number of nitriles is 1. The average Bonchev–Trinajstić information content (AvgIpc) is 2.72. The molecular weight excluding hydrogens is 356 g/mol. The van der Waals surface area contributed by atoms with Crippen LogP contribution in [0.1, 0.15) is 29.7 Å². The summed E-state index contributed by atoms with van der Waals surface area (Å²) < 4.78 is 10.4. The van der Waals surface area contributed by atoms with Crippen molar-refractivity contribution in [1.29, 1.82) is 5.26 Å². The highest BCUT2D eigenvalue weighted by Crippen LogP contribution is 2.27. The molecule has 1 aliphatic carbocycles. The lowest BCUT2D eigenvalue weighted by atomic mass is 9.95. The van der Waals surface area contributed by atoms with Crippen molar-refractivity contribution in [1.82, 2.24) is 4.98 Å². The number of likely N-dealkylation sites (N-methyl/N-ethyl adjacent to an activating group) is 1. The van der Waals surface area contributed by atoms with Gasteiger partial charge in [0.2, 0.25) is 5.91 Å². The largest absolute Gasteiger partial charge is 0.497 e. The van der Waals surface area contributed by atoms with Gasteiger partial charge in [-0.25, -0.2) is 4.98 Å². The van der Waals surface area contributed by atoms with Gasteiger partial charge in [0.05, 0.1) is 26.3 Å². The Morgan fingerprint density at radius 1 is 1.18 bits per heavy atom. The SMILES string of the molecule is COc1cc(NC(=O)CN(C)c2nc3c(cc2C#N)CCCC3)cc(OC)c1. The standard InChI is InChI=1S/C21H24N4O3/c1-25(21-15(12-22)8-14-6-4-5-7-19(14)24-21)13-20(26)23-16-9-17(27-2)11-18(10-16)28-3/h8-11H,4-7,13H2,1-3H3,(H,23,26). The Labute approximate surface area is 164 Å². The first-order valence-electron chi connectivity index (χ1n) is 9.21. The number of carbonyl (C=O) groups is 1.